The van der Waals surface area contributed by atoms with Crippen LogP contribution in [0.25, 0.3) is 16.5 Å². The van der Waals surface area contributed by atoms with Crippen LogP contribution in [0, 0.1) is 11.8 Å². The summed E-state index contributed by atoms with van der Waals surface area (Å²) in [5.41, 5.74) is 3.47. The van der Waals surface area contributed by atoms with Crippen LogP contribution < -0.4 is 11.1 Å². The second-order valence-corrected chi connectivity index (χ2v) is 11.8. The van der Waals surface area contributed by atoms with Gasteiger partial charge >= 0.3 is 0 Å². The van der Waals surface area contributed by atoms with Gasteiger partial charge in [0.15, 0.2) is 11.4 Å². The summed E-state index contributed by atoms with van der Waals surface area (Å²) in [7, 11) is 3.15. The zero-order chi connectivity index (χ0) is 28.7. The number of nitrogens with one attached hydrogen (secondary N) is 1. The van der Waals surface area contributed by atoms with Crippen molar-refractivity contribution in [2.24, 2.45) is 17.6 Å². The van der Waals surface area contributed by atoms with E-state index in [-0.39, 0.29) is 29.7 Å². The average Bonchev–Trinajstić information content (AvgIpc) is 2.85. The molecule has 210 valence electrons. The number of amides is 1. The van der Waals surface area contributed by atoms with E-state index in [0.29, 0.717) is 23.5 Å². The average molecular weight is 548 g/mol. The normalized spacial score (nSPS) is 28.4. The second-order valence-electron chi connectivity index (χ2n) is 11.8. The van der Waals surface area contributed by atoms with Gasteiger partial charge in [-0.2, -0.15) is 0 Å². The van der Waals surface area contributed by atoms with Crippen molar-refractivity contribution >= 4 is 34.0 Å². The van der Waals surface area contributed by atoms with Gasteiger partial charge in [-0.15, -0.1) is 0 Å². The van der Waals surface area contributed by atoms with Crippen molar-refractivity contribution in [3.63, 3.8) is 0 Å². The second kappa shape index (κ2) is 9.15. The number of aliphatic hydroxyl groups is 3. The van der Waals surface area contributed by atoms with Crippen molar-refractivity contribution in [3.05, 3.63) is 57.9 Å². The number of carbonyl (C=O) groups excluding carboxylic acids is 3. The van der Waals surface area contributed by atoms with Crippen molar-refractivity contribution in [3.8, 4) is 5.75 Å². The zero-order valence-corrected chi connectivity index (χ0v) is 22.4. The molecule has 1 amide bonds. The standard InChI is InChI=1S/C30H33N3O7/c1-33(2)23-19-11-16-10-15-9-14-7-6-13(12-32-17-4-3-5-17)8-18(14)24(34)20(15)25(35)21(16)27(37)30(19,40)28(38)22(26(23)36)29(31)39/h6-9,16-17,19,23,32,34-35,38,40H,3-5,10-12H2,1-2H3,(H2,31,39)/t16-,19-,23-,30-/m0/s1. The van der Waals surface area contributed by atoms with Crippen LogP contribution in [0.3, 0.4) is 0 Å². The van der Waals surface area contributed by atoms with E-state index in [1.807, 2.05) is 24.3 Å². The lowest BCUT2D eigenvalue weighted by Crippen LogP contribution is -2.65. The van der Waals surface area contributed by atoms with Gasteiger partial charge in [0.05, 0.1) is 11.6 Å². The Morgan fingerprint density at radius 3 is 2.50 bits per heavy atom. The van der Waals surface area contributed by atoms with Crippen LogP contribution in [0.1, 0.15) is 42.4 Å². The molecule has 6 rings (SSSR count). The van der Waals surface area contributed by atoms with Crippen molar-refractivity contribution < 1.29 is 34.8 Å². The Morgan fingerprint density at radius 2 is 1.88 bits per heavy atom. The third-order valence-corrected chi connectivity index (χ3v) is 9.29. The van der Waals surface area contributed by atoms with Crippen LogP contribution in [0.4, 0.5) is 0 Å². The van der Waals surface area contributed by atoms with Crippen molar-refractivity contribution in [1.82, 2.24) is 10.2 Å². The summed E-state index contributed by atoms with van der Waals surface area (Å²) in [6, 6.07) is 7.04. The van der Waals surface area contributed by atoms with Gasteiger partial charge in [-0.1, -0.05) is 24.6 Å². The summed E-state index contributed by atoms with van der Waals surface area (Å²) in [6.07, 6.45) is 3.84. The highest BCUT2D eigenvalue weighted by Gasteiger charge is 2.64. The van der Waals surface area contributed by atoms with E-state index in [1.54, 1.807) is 14.1 Å². The van der Waals surface area contributed by atoms with E-state index >= 15 is 0 Å². The van der Waals surface area contributed by atoms with E-state index in [9.17, 15) is 34.8 Å². The molecule has 4 aliphatic rings. The summed E-state index contributed by atoms with van der Waals surface area (Å²) in [4.78, 5) is 40.8. The number of fused-ring (bicyclic) bond motifs is 4. The topological polar surface area (TPSA) is 173 Å². The highest BCUT2D eigenvalue weighted by molar-refractivity contribution is 6.24. The maximum atomic E-state index is 14.0. The van der Waals surface area contributed by atoms with Crippen molar-refractivity contribution in [2.45, 2.75) is 56.3 Å². The number of primary amides is 1. The van der Waals surface area contributed by atoms with Crippen LogP contribution in [0.15, 0.2) is 41.2 Å². The Morgan fingerprint density at radius 1 is 1.15 bits per heavy atom. The molecule has 0 unspecified atom stereocenters. The molecule has 10 heteroatoms. The number of Topliss-reactive ketones (excluding diaryl/α,β-unsaturated/α-hetero) is 2. The maximum Gasteiger partial charge on any atom is 0.255 e. The Bertz CT molecular complexity index is 1550. The predicted molar refractivity (Wildman–Crippen MR) is 146 cm³/mol. The molecule has 0 radical (unpaired) electrons. The first-order valence-electron chi connectivity index (χ1n) is 13.6. The monoisotopic (exact) mass is 547 g/mol. The van der Waals surface area contributed by atoms with Gasteiger partial charge in [-0.05, 0) is 68.3 Å². The molecule has 7 N–H and O–H groups in total. The van der Waals surface area contributed by atoms with Crippen LogP contribution in [0.5, 0.6) is 5.75 Å². The minimum Gasteiger partial charge on any atom is -0.508 e. The summed E-state index contributed by atoms with van der Waals surface area (Å²) in [5, 5.41) is 50.3. The molecule has 0 aromatic heterocycles. The van der Waals surface area contributed by atoms with Gasteiger partial charge in [0.2, 0.25) is 5.78 Å². The number of phenols is 1. The molecule has 40 heavy (non-hydrogen) atoms. The summed E-state index contributed by atoms with van der Waals surface area (Å²) < 4.78 is 0. The molecule has 0 heterocycles. The fraction of sp³-hybridized carbons (Fsp3) is 0.433. The van der Waals surface area contributed by atoms with Gasteiger partial charge < -0.3 is 31.5 Å². The van der Waals surface area contributed by atoms with Crippen molar-refractivity contribution in [1.29, 1.82) is 0 Å². The molecule has 4 aliphatic carbocycles. The molecule has 10 nitrogen and oxygen atoms in total. The number of likely N-dealkylation sites (N-methyl/N-ethyl adjacent to an activating group) is 1. The molecular weight excluding hydrogens is 514 g/mol. The number of nitrogens with zero attached hydrogens (tertiary/aromatic N) is 1. The highest BCUT2D eigenvalue weighted by atomic mass is 16.3. The number of nitrogens with two attached hydrogens (primary N) is 1. The van der Waals surface area contributed by atoms with E-state index < -0.39 is 58.0 Å². The molecule has 4 atom stereocenters. The van der Waals surface area contributed by atoms with E-state index in [2.05, 4.69) is 5.32 Å². The Hall–Kier alpha value is -3.73. The lowest BCUT2D eigenvalue weighted by Gasteiger charge is -2.50. The fourth-order valence-corrected chi connectivity index (χ4v) is 7.04. The lowest BCUT2D eigenvalue weighted by atomic mass is 9.57. The van der Waals surface area contributed by atoms with E-state index in [4.69, 9.17) is 5.73 Å². The molecule has 0 spiro atoms. The number of carbonyl (C=O) groups is 3. The van der Waals surface area contributed by atoms with E-state index in [0.717, 1.165) is 23.8 Å². The number of rotatable bonds is 5. The lowest BCUT2D eigenvalue weighted by molar-refractivity contribution is -0.153. The minimum atomic E-state index is -2.64. The third kappa shape index (κ3) is 3.63. The quantitative estimate of drug-likeness (QED) is 0.305. The predicted octanol–water partition coefficient (Wildman–Crippen LogP) is 1.76. The largest absolute Gasteiger partial charge is 0.508 e. The first-order chi connectivity index (χ1) is 18.9. The number of hydrogen-bond donors (Lipinski definition) is 6. The van der Waals surface area contributed by atoms with E-state index in [1.165, 1.54) is 11.3 Å². The maximum absolute atomic E-state index is 14.0. The highest BCUT2D eigenvalue weighted by Crippen LogP contribution is 2.53. The summed E-state index contributed by atoms with van der Waals surface area (Å²) >= 11 is 0. The molecular formula is C30H33N3O7. The number of aliphatic hydroxyl groups excluding tert-OH is 2. The van der Waals surface area contributed by atoms with Crippen LogP contribution in [-0.2, 0) is 27.3 Å². The summed E-state index contributed by atoms with van der Waals surface area (Å²) in [6.45, 7) is 0.638. The first-order valence-corrected chi connectivity index (χ1v) is 13.6. The van der Waals surface area contributed by atoms with Crippen LogP contribution >= 0.6 is 0 Å². The van der Waals surface area contributed by atoms with Crippen molar-refractivity contribution in [2.75, 3.05) is 14.1 Å². The number of benzene rings is 2. The molecule has 0 bridgehead atoms. The molecule has 2 fully saturated rings. The number of ketones is 2. The number of phenolic OH excluding ortho intramolecular Hbond substituents is 1. The molecule has 0 aliphatic heterocycles. The first kappa shape index (κ1) is 26.5. The van der Waals surface area contributed by atoms with Gasteiger partial charge in [0.1, 0.15) is 22.8 Å². The van der Waals surface area contributed by atoms with Gasteiger partial charge in [-0.3, -0.25) is 19.3 Å². The fourth-order valence-electron chi connectivity index (χ4n) is 7.04. The molecule has 2 aromatic rings. The third-order valence-electron chi connectivity index (χ3n) is 9.29. The minimum absolute atomic E-state index is 0.0658. The SMILES string of the molecule is CN(C)[C@@H]1C(=O)C(C(N)=O)=C(O)[C@@]2(O)C(=O)C3=C(O)c4c(cc5ccc(CNC6CCC6)cc5c4O)C[C@H]3C[C@@H]12. The smallest absolute Gasteiger partial charge is 0.255 e. The summed E-state index contributed by atoms with van der Waals surface area (Å²) in [5.74, 6) is -6.45. The van der Waals surface area contributed by atoms with Crippen LogP contribution in [0.2, 0.25) is 0 Å². The molecule has 2 saturated carbocycles. The number of hydrogen-bond acceptors (Lipinski definition) is 9. The zero-order valence-electron chi connectivity index (χ0n) is 22.4. The van der Waals surface area contributed by atoms with Gasteiger partial charge in [0, 0.05) is 29.5 Å². The Kier molecular flexibility index (Phi) is 6.06. The molecule has 2 aromatic carbocycles. The van der Waals surface area contributed by atoms with Crippen LogP contribution in [-0.4, -0.2) is 74.6 Å². The van der Waals surface area contributed by atoms with Gasteiger partial charge in [-0.25, -0.2) is 0 Å². The number of aromatic hydroxyl groups is 1. The Balaban J connectivity index is 1.47. The van der Waals surface area contributed by atoms with Gasteiger partial charge in [0.25, 0.3) is 5.91 Å². The Labute approximate surface area is 230 Å². The molecule has 0 saturated heterocycles.